The van der Waals surface area contributed by atoms with Gasteiger partial charge in [-0.05, 0) is 18.8 Å². The van der Waals surface area contributed by atoms with E-state index < -0.39 is 22.8 Å². The van der Waals surface area contributed by atoms with Gasteiger partial charge in [-0.1, -0.05) is 6.92 Å². The van der Waals surface area contributed by atoms with E-state index in [4.69, 9.17) is 9.84 Å². The highest BCUT2D eigenvalue weighted by Crippen LogP contribution is 2.17. The number of carbonyl (C=O) groups is 1. The van der Waals surface area contributed by atoms with Crippen LogP contribution < -0.4 is 4.72 Å². The van der Waals surface area contributed by atoms with Crippen molar-refractivity contribution < 1.29 is 23.1 Å². The molecule has 1 heterocycles. The molecule has 0 spiro atoms. The molecule has 0 atom stereocenters. The second kappa shape index (κ2) is 7.03. The molecule has 0 aromatic rings. The Morgan fingerprint density at radius 2 is 2.06 bits per heavy atom. The smallest absolute Gasteiger partial charge is 0.329 e. The molecule has 0 aliphatic carbocycles. The van der Waals surface area contributed by atoms with Crippen molar-refractivity contribution in [3.8, 4) is 0 Å². The maximum atomic E-state index is 11.8. The summed E-state index contributed by atoms with van der Waals surface area (Å²) < 4.78 is 32.2. The van der Waals surface area contributed by atoms with E-state index in [1.807, 2.05) is 0 Å². The van der Waals surface area contributed by atoms with Gasteiger partial charge in [-0.2, -0.15) is 17.4 Å². The number of rotatable bonds is 7. The highest BCUT2D eigenvalue weighted by Gasteiger charge is 2.25. The summed E-state index contributed by atoms with van der Waals surface area (Å²) in [5, 5.41) is 8.33. The van der Waals surface area contributed by atoms with Gasteiger partial charge in [-0.3, -0.25) is 0 Å². The fourth-order valence-electron chi connectivity index (χ4n) is 1.72. The van der Waals surface area contributed by atoms with Crippen LogP contribution >= 0.6 is 0 Å². The number of carboxylic acid groups (broad SMARTS) is 1. The molecule has 0 aromatic carbocycles. The number of nitrogens with one attached hydrogen (secondary N) is 1. The van der Waals surface area contributed by atoms with Crippen LogP contribution in [0, 0.1) is 5.92 Å². The molecule has 0 amide bonds. The monoisotopic (exact) mass is 280 g/mol. The van der Waals surface area contributed by atoms with E-state index >= 15 is 0 Å². The van der Waals surface area contributed by atoms with E-state index in [0.717, 1.165) is 12.8 Å². The summed E-state index contributed by atoms with van der Waals surface area (Å²) >= 11 is 0. The minimum Gasteiger partial charge on any atom is -0.480 e. The first-order chi connectivity index (χ1) is 8.42. The summed E-state index contributed by atoms with van der Waals surface area (Å²) in [6.45, 7) is 2.90. The molecule has 1 saturated heterocycles. The van der Waals surface area contributed by atoms with E-state index in [1.165, 1.54) is 4.31 Å². The molecule has 0 saturated carbocycles. The van der Waals surface area contributed by atoms with Crippen LogP contribution in [0.15, 0.2) is 0 Å². The van der Waals surface area contributed by atoms with Crippen LogP contribution in [0.25, 0.3) is 0 Å². The maximum Gasteiger partial charge on any atom is 0.329 e. The zero-order chi connectivity index (χ0) is 13.6. The summed E-state index contributed by atoms with van der Waals surface area (Å²) in [6.07, 6.45) is 1.74. The lowest BCUT2D eigenvalue weighted by atomic mass is 10.0. The molecule has 1 fully saturated rings. The average Bonchev–Trinajstić information content (AvgIpc) is 2.28. The predicted octanol–water partition coefficient (Wildman–Crippen LogP) is -0.346. The number of ether oxygens (including phenoxy) is 1. The first-order valence-corrected chi connectivity index (χ1v) is 7.40. The Morgan fingerprint density at radius 3 is 2.61 bits per heavy atom. The highest BCUT2D eigenvalue weighted by atomic mass is 32.2. The Balaban J connectivity index is 2.25. The molecule has 0 aromatic heterocycles. The maximum absolute atomic E-state index is 11.8. The Bertz CT molecular complexity index is 362. The fraction of sp³-hybridized carbons (Fsp3) is 0.900. The second-order valence-corrected chi connectivity index (χ2v) is 6.18. The Hall–Kier alpha value is -0.700. The lowest BCUT2D eigenvalue weighted by Gasteiger charge is -2.29. The molecule has 18 heavy (non-hydrogen) atoms. The summed E-state index contributed by atoms with van der Waals surface area (Å²) in [5.41, 5.74) is 0. The quantitative estimate of drug-likeness (QED) is 0.622. The van der Waals surface area contributed by atoms with Crippen LogP contribution in [0.2, 0.25) is 0 Å². The van der Waals surface area contributed by atoms with Gasteiger partial charge in [0.05, 0.1) is 6.61 Å². The van der Waals surface area contributed by atoms with Crippen LogP contribution in [-0.2, 0) is 19.7 Å². The van der Waals surface area contributed by atoms with Gasteiger partial charge in [0, 0.05) is 19.6 Å². The summed E-state index contributed by atoms with van der Waals surface area (Å²) in [6, 6.07) is 0. The molecule has 1 aliphatic heterocycles. The lowest BCUT2D eigenvalue weighted by molar-refractivity contribution is -0.142. The van der Waals surface area contributed by atoms with Crippen molar-refractivity contribution in [1.82, 2.24) is 9.03 Å². The van der Waals surface area contributed by atoms with Gasteiger partial charge in [0.1, 0.15) is 6.61 Å². The van der Waals surface area contributed by atoms with Crippen molar-refractivity contribution in [3.63, 3.8) is 0 Å². The predicted molar refractivity (Wildman–Crippen MR) is 65.3 cm³/mol. The number of hydrogen-bond donors (Lipinski definition) is 2. The molecule has 0 unspecified atom stereocenters. The van der Waals surface area contributed by atoms with Crippen molar-refractivity contribution >= 4 is 16.2 Å². The van der Waals surface area contributed by atoms with E-state index in [9.17, 15) is 13.2 Å². The third-order valence-electron chi connectivity index (χ3n) is 2.84. The van der Waals surface area contributed by atoms with Crippen LogP contribution in [0.5, 0.6) is 0 Å². The highest BCUT2D eigenvalue weighted by molar-refractivity contribution is 7.87. The zero-order valence-electron chi connectivity index (χ0n) is 10.5. The topological polar surface area (TPSA) is 95.9 Å². The Kier molecular flexibility index (Phi) is 6.00. The SMILES string of the molecule is CC1CCN(S(=O)(=O)NCCOCC(=O)O)CC1. The summed E-state index contributed by atoms with van der Waals surface area (Å²) in [7, 11) is -3.45. The molecule has 1 rings (SSSR count). The zero-order valence-corrected chi connectivity index (χ0v) is 11.3. The molecule has 106 valence electrons. The summed E-state index contributed by atoms with van der Waals surface area (Å²) in [4.78, 5) is 10.2. The van der Waals surface area contributed by atoms with Gasteiger partial charge >= 0.3 is 5.97 Å². The van der Waals surface area contributed by atoms with Gasteiger partial charge in [0.15, 0.2) is 0 Å². The van der Waals surface area contributed by atoms with Crippen molar-refractivity contribution in [2.24, 2.45) is 5.92 Å². The normalized spacial score (nSPS) is 18.9. The largest absolute Gasteiger partial charge is 0.480 e. The summed E-state index contributed by atoms with van der Waals surface area (Å²) in [5.74, 6) is -0.502. The first kappa shape index (κ1) is 15.4. The number of nitrogens with zero attached hydrogens (tertiary/aromatic N) is 1. The molecule has 1 aliphatic rings. The Morgan fingerprint density at radius 1 is 1.44 bits per heavy atom. The van der Waals surface area contributed by atoms with E-state index in [-0.39, 0.29) is 13.2 Å². The average molecular weight is 280 g/mol. The molecule has 8 heteroatoms. The van der Waals surface area contributed by atoms with E-state index in [2.05, 4.69) is 11.6 Å². The fourth-order valence-corrected chi connectivity index (χ4v) is 2.93. The Labute approximate surface area is 107 Å². The van der Waals surface area contributed by atoms with Crippen molar-refractivity contribution in [1.29, 1.82) is 0 Å². The first-order valence-electron chi connectivity index (χ1n) is 5.96. The molecular weight excluding hydrogens is 260 g/mol. The number of aliphatic carboxylic acids is 1. The molecule has 7 nitrogen and oxygen atoms in total. The van der Waals surface area contributed by atoms with Crippen molar-refractivity contribution in [3.05, 3.63) is 0 Å². The van der Waals surface area contributed by atoms with E-state index in [0.29, 0.717) is 19.0 Å². The van der Waals surface area contributed by atoms with Gasteiger partial charge in [-0.25, -0.2) is 4.79 Å². The van der Waals surface area contributed by atoms with Gasteiger partial charge in [-0.15, -0.1) is 0 Å². The molecular formula is C10H20N2O5S. The lowest BCUT2D eigenvalue weighted by Crippen LogP contribution is -2.45. The van der Waals surface area contributed by atoms with Crippen molar-refractivity contribution in [2.45, 2.75) is 19.8 Å². The molecule has 0 bridgehead atoms. The van der Waals surface area contributed by atoms with Crippen LogP contribution in [-0.4, -0.2) is 56.6 Å². The number of piperidine rings is 1. The number of hydrogen-bond acceptors (Lipinski definition) is 4. The third kappa shape index (κ3) is 5.30. The van der Waals surface area contributed by atoms with Gasteiger partial charge in [0.25, 0.3) is 10.2 Å². The number of carboxylic acids is 1. The van der Waals surface area contributed by atoms with Crippen LogP contribution in [0.1, 0.15) is 19.8 Å². The molecule has 0 radical (unpaired) electrons. The van der Waals surface area contributed by atoms with Crippen molar-refractivity contribution in [2.75, 3.05) is 32.8 Å². The van der Waals surface area contributed by atoms with Gasteiger partial charge < -0.3 is 9.84 Å². The molecule has 2 N–H and O–H groups in total. The van der Waals surface area contributed by atoms with E-state index in [1.54, 1.807) is 0 Å². The minimum atomic E-state index is -3.45. The minimum absolute atomic E-state index is 0.0514. The van der Waals surface area contributed by atoms with Gasteiger partial charge in [0.2, 0.25) is 0 Å². The third-order valence-corrected chi connectivity index (χ3v) is 4.45. The van der Waals surface area contributed by atoms with Crippen LogP contribution in [0.4, 0.5) is 0 Å². The second-order valence-electron chi connectivity index (χ2n) is 4.43. The standard InChI is InChI=1S/C10H20N2O5S/c1-9-2-5-12(6-3-9)18(15,16)11-4-7-17-8-10(13)14/h9,11H,2-8H2,1H3,(H,13,14). The van der Waals surface area contributed by atoms with Crippen LogP contribution in [0.3, 0.4) is 0 Å².